The summed E-state index contributed by atoms with van der Waals surface area (Å²) in [6.45, 7) is 6.39. The van der Waals surface area contributed by atoms with E-state index < -0.39 is 0 Å². The summed E-state index contributed by atoms with van der Waals surface area (Å²) in [5, 5.41) is 3.06. The quantitative estimate of drug-likeness (QED) is 0.573. The van der Waals surface area contributed by atoms with E-state index in [1.165, 1.54) is 31.3 Å². The van der Waals surface area contributed by atoms with E-state index in [9.17, 15) is 9.59 Å². The van der Waals surface area contributed by atoms with Gasteiger partial charge in [-0.25, -0.2) is 0 Å². The van der Waals surface area contributed by atoms with Gasteiger partial charge >= 0.3 is 5.97 Å². The third-order valence-corrected chi connectivity index (χ3v) is 5.13. The van der Waals surface area contributed by atoms with Crippen LogP contribution in [0.4, 0.5) is 0 Å². The fourth-order valence-electron chi connectivity index (χ4n) is 3.60. The molecule has 0 aromatic rings. The molecule has 24 heavy (non-hydrogen) atoms. The van der Waals surface area contributed by atoms with Crippen LogP contribution in [0.2, 0.25) is 0 Å². The molecule has 1 aliphatic carbocycles. The first-order chi connectivity index (χ1) is 11.6. The Morgan fingerprint density at radius 2 is 2.21 bits per heavy atom. The van der Waals surface area contributed by atoms with Gasteiger partial charge in [-0.2, -0.15) is 0 Å². The van der Waals surface area contributed by atoms with Gasteiger partial charge in [0.15, 0.2) is 0 Å². The van der Waals surface area contributed by atoms with E-state index in [-0.39, 0.29) is 23.8 Å². The number of carbonyl (C=O) groups is 2. The minimum absolute atomic E-state index is 0.0657. The zero-order chi connectivity index (χ0) is 17.4. The molecule has 2 unspecified atom stereocenters. The normalized spacial score (nSPS) is 23.2. The van der Waals surface area contributed by atoms with Crippen LogP contribution >= 0.6 is 0 Å². The molecule has 1 amide bonds. The predicted octanol–water partition coefficient (Wildman–Crippen LogP) is 2.66. The van der Waals surface area contributed by atoms with Crippen molar-refractivity contribution >= 4 is 11.9 Å². The first kappa shape index (κ1) is 19.0. The van der Waals surface area contributed by atoms with Gasteiger partial charge in [0.2, 0.25) is 5.91 Å². The number of piperidine rings is 1. The van der Waals surface area contributed by atoms with Crippen LogP contribution in [0.1, 0.15) is 58.8 Å². The number of carbonyl (C=O) groups excluding carboxylic acids is 2. The lowest BCUT2D eigenvalue weighted by atomic mass is 9.96. The largest absolute Gasteiger partial charge is 0.466 e. The SMILES string of the molecule is CCOC(=O)C1CCCN(C(C)C(=O)NCCC2=CCCCC2)C1. The lowest BCUT2D eigenvalue weighted by Gasteiger charge is -2.35. The number of allylic oxidation sites excluding steroid dienone is 1. The molecule has 0 spiro atoms. The summed E-state index contributed by atoms with van der Waals surface area (Å²) in [6.07, 6.45) is 10.0. The molecule has 0 bridgehead atoms. The Labute approximate surface area is 145 Å². The zero-order valence-electron chi connectivity index (χ0n) is 15.2. The Hall–Kier alpha value is -1.36. The van der Waals surface area contributed by atoms with Crippen molar-refractivity contribution in [3.05, 3.63) is 11.6 Å². The minimum atomic E-state index is -0.192. The fourth-order valence-corrected chi connectivity index (χ4v) is 3.60. The Balaban J connectivity index is 1.75. The van der Waals surface area contributed by atoms with Crippen LogP contribution in [0, 0.1) is 5.92 Å². The monoisotopic (exact) mass is 336 g/mol. The molecule has 1 heterocycles. The van der Waals surface area contributed by atoms with Crippen LogP contribution in [-0.4, -0.2) is 49.1 Å². The highest BCUT2D eigenvalue weighted by Crippen LogP contribution is 2.21. The van der Waals surface area contributed by atoms with E-state index in [0.717, 1.165) is 25.8 Å². The molecule has 5 heteroatoms. The highest BCUT2D eigenvalue weighted by atomic mass is 16.5. The molecule has 5 nitrogen and oxygen atoms in total. The Kier molecular flexibility index (Phi) is 7.76. The second-order valence-corrected chi connectivity index (χ2v) is 6.91. The number of nitrogens with zero attached hydrogens (tertiary/aromatic N) is 1. The van der Waals surface area contributed by atoms with Crippen molar-refractivity contribution in [2.24, 2.45) is 5.92 Å². The predicted molar refractivity (Wildman–Crippen MR) is 94.6 cm³/mol. The number of rotatable bonds is 7. The van der Waals surface area contributed by atoms with E-state index in [0.29, 0.717) is 19.7 Å². The van der Waals surface area contributed by atoms with Gasteiger partial charge in [-0.3, -0.25) is 14.5 Å². The Bertz CT molecular complexity index is 462. The summed E-state index contributed by atoms with van der Waals surface area (Å²) in [7, 11) is 0. The summed E-state index contributed by atoms with van der Waals surface area (Å²) in [4.78, 5) is 26.4. The summed E-state index contributed by atoms with van der Waals surface area (Å²) < 4.78 is 5.13. The molecule has 1 N–H and O–H groups in total. The minimum Gasteiger partial charge on any atom is -0.466 e. The number of likely N-dealkylation sites (tertiary alicyclic amines) is 1. The molecular formula is C19H32N2O3. The van der Waals surface area contributed by atoms with Crippen LogP contribution in [0.25, 0.3) is 0 Å². The van der Waals surface area contributed by atoms with Gasteiger partial charge in [-0.05, 0) is 65.3 Å². The molecular weight excluding hydrogens is 304 g/mol. The van der Waals surface area contributed by atoms with E-state index in [2.05, 4.69) is 16.3 Å². The molecule has 1 saturated heterocycles. The molecule has 2 aliphatic rings. The van der Waals surface area contributed by atoms with Crippen molar-refractivity contribution in [3.8, 4) is 0 Å². The first-order valence-corrected chi connectivity index (χ1v) is 9.48. The highest BCUT2D eigenvalue weighted by Gasteiger charge is 2.31. The van der Waals surface area contributed by atoms with Gasteiger partial charge in [0.05, 0.1) is 18.6 Å². The highest BCUT2D eigenvalue weighted by molar-refractivity contribution is 5.81. The van der Waals surface area contributed by atoms with Crippen LogP contribution < -0.4 is 5.32 Å². The standard InChI is InChI=1S/C19H32N2O3/c1-3-24-19(23)17-10-7-13-21(14-17)15(2)18(22)20-12-11-16-8-5-4-6-9-16/h8,15,17H,3-7,9-14H2,1-2H3,(H,20,22). The maximum Gasteiger partial charge on any atom is 0.310 e. The van der Waals surface area contributed by atoms with E-state index in [1.807, 2.05) is 13.8 Å². The van der Waals surface area contributed by atoms with Crippen molar-refractivity contribution in [1.82, 2.24) is 10.2 Å². The lowest BCUT2D eigenvalue weighted by molar-refractivity contribution is -0.151. The van der Waals surface area contributed by atoms with Gasteiger partial charge < -0.3 is 10.1 Å². The van der Waals surface area contributed by atoms with Crippen LogP contribution in [0.5, 0.6) is 0 Å². The summed E-state index contributed by atoms with van der Waals surface area (Å²) in [6, 6.07) is -0.192. The first-order valence-electron chi connectivity index (χ1n) is 9.48. The Morgan fingerprint density at radius 1 is 1.38 bits per heavy atom. The van der Waals surface area contributed by atoms with Gasteiger partial charge in [0.1, 0.15) is 0 Å². The topological polar surface area (TPSA) is 58.6 Å². The molecule has 2 rings (SSSR count). The number of ether oxygens (including phenoxy) is 1. The van der Waals surface area contributed by atoms with E-state index in [1.54, 1.807) is 0 Å². The number of hydrogen-bond acceptors (Lipinski definition) is 4. The molecule has 0 saturated carbocycles. The van der Waals surface area contributed by atoms with Gasteiger partial charge in [0.25, 0.3) is 0 Å². The number of amides is 1. The van der Waals surface area contributed by atoms with Crippen LogP contribution in [0.3, 0.4) is 0 Å². The van der Waals surface area contributed by atoms with Crippen LogP contribution in [-0.2, 0) is 14.3 Å². The number of esters is 1. The second-order valence-electron chi connectivity index (χ2n) is 6.91. The molecule has 0 aromatic heterocycles. The maximum atomic E-state index is 12.4. The zero-order valence-corrected chi connectivity index (χ0v) is 15.2. The summed E-state index contributed by atoms with van der Waals surface area (Å²) >= 11 is 0. The fraction of sp³-hybridized carbons (Fsp3) is 0.789. The summed E-state index contributed by atoms with van der Waals surface area (Å²) in [5.74, 6) is -0.156. The lowest BCUT2D eigenvalue weighted by Crippen LogP contribution is -2.50. The van der Waals surface area contributed by atoms with Gasteiger partial charge in [0, 0.05) is 13.1 Å². The molecule has 0 aromatic carbocycles. The van der Waals surface area contributed by atoms with Gasteiger partial charge in [-0.1, -0.05) is 11.6 Å². The number of nitrogens with one attached hydrogen (secondary N) is 1. The maximum absolute atomic E-state index is 12.4. The smallest absolute Gasteiger partial charge is 0.310 e. The molecule has 2 atom stereocenters. The van der Waals surface area contributed by atoms with Gasteiger partial charge in [-0.15, -0.1) is 0 Å². The third-order valence-electron chi connectivity index (χ3n) is 5.13. The average molecular weight is 336 g/mol. The van der Waals surface area contributed by atoms with Crippen molar-refractivity contribution in [1.29, 1.82) is 0 Å². The van der Waals surface area contributed by atoms with E-state index >= 15 is 0 Å². The number of hydrogen-bond donors (Lipinski definition) is 1. The summed E-state index contributed by atoms with van der Waals surface area (Å²) in [5.41, 5.74) is 1.48. The Morgan fingerprint density at radius 3 is 2.92 bits per heavy atom. The third kappa shape index (κ3) is 5.62. The molecule has 136 valence electrons. The van der Waals surface area contributed by atoms with Crippen molar-refractivity contribution in [2.45, 2.75) is 64.8 Å². The van der Waals surface area contributed by atoms with Crippen molar-refractivity contribution < 1.29 is 14.3 Å². The second kappa shape index (κ2) is 9.82. The molecule has 1 aliphatic heterocycles. The van der Waals surface area contributed by atoms with E-state index in [4.69, 9.17) is 4.74 Å². The molecule has 0 radical (unpaired) electrons. The van der Waals surface area contributed by atoms with Crippen molar-refractivity contribution in [3.63, 3.8) is 0 Å². The molecule has 1 fully saturated rings. The average Bonchev–Trinajstić information content (AvgIpc) is 2.62. The van der Waals surface area contributed by atoms with Crippen molar-refractivity contribution in [2.75, 3.05) is 26.2 Å². The van der Waals surface area contributed by atoms with Crippen LogP contribution in [0.15, 0.2) is 11.6 Å².